The van der Waals surface area contributed by atoms with Gasteiger partial charge in [-0.1, -0.05) is 0 Å². The summed E-state index contributed by atoms with van der Waals surface area (Å²) >= 11 is 1.37. The molecule has 7 nitrogen and oxygen atoms in total. The van der Waals surface area contributed by atoms with E-state index in [1.165, 1.54) is 29.4 Å². The SMILES string of the molecule is COC[C@H]1OC=[N+](C2=Cc3[s+]c([C@@H](O)CCC#N)[n-]c3[CH-]C2)C1=O. The number of methoxy groups -OCH3 is 1. The molecule has 0 radical (unpaired) electrons. The number of aliphatic hydroxyl groups excluding tert-OH is 1. The fourth-order valence-electron chi connectivity index (χ4n) is 2.53. The van der Waals surface area contributed by atoms with Crippen LogP contribution < -0.4 is 4.98 Å². The number of hydrogen-bond acceptors (Lipinski definition) is 5. The maximum absolute atomic E-state index is 12.3. The van der Waals surface area contributed by atoms with Gasteiger partial charge >= 0.3 is 12.3 Å². The normalized spacial score (nSPS) is 20.4. The number of nitriles is 1. The van der Waals surface area contributed by atoms with Crippen LogP contribution in [0.4, 0.5) is 0 Å². The van der Waals surface area contributed by atoms with Crippen molar-refractivity contribution in [2.75, 3.05) is 13.7 Å². The Kier molecular flexibility index (Phi) is 4.94. The zero-order chi connectivity index (χ0) is 17.1. The van der Waals surface area contributed by atoms with E-state index in [-0.39, 0.29) is 18.9 Å². The lowest BCUT2D eigenvalue weighted by Gasteiger charge is -2.19. The molecule has 1 aliphatic heterocycles. The molecule has 2 atom stereocenters. The van der Waals surface area contributed by atoms with Crippen LogP contribution in [0.1, 0.15) is 40.9 Å². The minimum Gasteiger partial charge on any atom is -0.637 e. The van der Waals surface area contributed by atoms with Gasteiger partial charge in [0.15, 0.2) is 5.70 Å². The zero-order valence-electron chi connectivity index (χ0n) is 13.1. The molecule has 1 aliphatic carbocycles. The number of hydrogen-bond donors (Lipinski definition) is 1. The second-order valence-electron chi connectivity index (χ2n) is 5.45. The van der Waals surface area contributed by atoms with Gasteiger partial charge in [-0.2, -0.15) is 5.26 Å². The summed E-state index contributed by atoms with van der Waals surface area (Å²) in [5.41, 5.74) is 1.60. The number of carbonyl (C=O) groups excluding carboxylic acids is 1. The van der Waals surface area contributed by atoms with E-state index >= 15 is 0 Å². The van der Waals surface area contributed by atoms with Crippen molar-refractivity contribution < 1.29 is 24.0 Å². The van der Waals surface area contributed by atoms with E-state index in [4.69, 9.17) is 14.7 Å². The van der Waals surface area contributed by atoms with E-state index in [0.29, 0.717) is 17.8 Å². The van der Waals surface area contributed by atoms with Gasteiger partial charge in [-0.25, -0.2) is 16.9 Å². The van der Waals surface area contributed by atoms with Crippen molar-refractivity contribution in [3.05, 3.63) is 27.7 Å². The number of aromatic nitrogens is 1. The highest BCUT2D eigenvalue weighted by Gasteiger charge is 2.39. The van der Waals surface area contributed by atoms with E-state index in [1.54, 1.807) is 0 Å². The number of thiazole rings is 1. The van der Waals surface area contributed by atoms with E-state index in [2.05, 4.69) is 4.98 Å². The number of aliphatic hydroxyl groups is 1. The van der Waals surface area contributed by atoms with Gasteiger partial charge in [0, 0.05) is 13.5 Å². The largest absolute Gasteiger partial charge is 0.637 e. The summed E-state index contributed by atoms with van der Waals surface area (Å²) in [5, 5.41) is 19.3. The summed E-state index contributed by atoms with van der Waals surface area (Å²) in [6.45, 7) is 0.212. The molecule has 24 heavy (non-hydrogen) atoms. The van der Waals surface area contributed by atoms with Gasteiger partial charge in [0.05, 0.1) is 17.6 Å². The molecule has 0 aromatic carbocycles. The van der Waals surface area contributed by atoms with Crippen LogP contribution in [0.2, 0.25) is 0 Å². The highest BCUT2D eigenvalue weighted by Crippen LogP contribution is 2.33. The number of ether oxygens (including phenoxy) is 2. The molecule has 2 heterocycles. The van der Waals surface area contributed by atoms with Gasteiger partial charge in [0.2, 0.25) is 0 Å². The van der Waals surface area contributed by atoms with Crippen molar-refractivity contribution in [2.24, 2.45) is 0 Å². The molecule has 2 aliphatic rings. The molecular formula is C16H17N3O4S. The molecule has 1 amide bonds. The van der Waals surface area contributed by atoms with Crippen LogP contribution in [0.3, 0.4) is 0 Å². The van der Waals surface area contributed by atoms with E-state index in [0.717, 1.165) is 16.3 Å². The molecule has 8 heteroatoms. The number of rotatable bonds is 6. The fourth-order valence-corrected chi connectivity index (χ4v) is 3.58. The number of carbonyl (C=O) groups is 1. The molecule has 1 aromatic heterocycles. The Morgan fingerprint density at radius 3 is 3.29 bits per heavy atom. The molecule has 1 N–H and O–H groups in total. The lowest BCUT2D eigenvalue weighted by atomic mass is 10.1. The van der Waals surface area contributed by atoms with Crippen molar-refractivity contribution in [1.82, 2.24) is 4.98 Å². The minimum absolute atomic E-state index is 0.154. The predicted molar refractivity (Wildman–Crippen MR) is 85.9 cm³/mol. The Balaban J connectivity index is 1.77. The third kappa shape index (κ3) is 3.19. The molecular weight excluding hydrogens is 330 g/mol. The first-order valence-corrected chi connectivity index (χ1v) is 8.36. The summed E-state index contributed by atoms with van der Waals surface area (Å²) < 4.78 is 11.8. The molecule has 0 unspecified atom stereocenters. The highest BCUT2D eigenvalue weighted by molar-refractivity contribution is 7.12. The van der Waals surface area contributed by atoms with Gasteiger partial charge in [0.25, 0.3) is 6.10 Å². The third-order valence-electron chi connectivity index (χ3n) is 3.79. The van der Waals surface area contributed by atoms with Gasteiger partial charge in [-0.15, -0.1) is 4.58 Å². The second kappa shape index (κ2) is 7.13. The number of fused-ring (bicyclic) bond motifs is 1. The average Bonchev–Trinajstić information content (AvgIpc) is 3.16. The summed E-state index contributed by atoms with van der Waals surface area (Å²) in [6, 6.07) is 2.02. The molecule has 0 saturated carbocycles. The van der Waals surface area contributed by atoms with Gasteiger partial charge < -0.3 is 19.6 Å². The Morgan fingerprint density at radius 2 is 2.54 bits per heavy atom. The van der Waals surface area contributed by atoms with Crippen molar-refractivity contribution in [3.8, 4) is 6.07 Å². The summed E-state index contributed by atoms with van der Waals surface area (Å²) in [5.74, 6) is -0.154. The Labute approximate surface area is 143 Å². The van der Waals surface area contributed by atoms with Crippen LogP contribution >= 0.6 is 11.3 Å². The van der Waals surface area contributed by atoms with Crippen LogP contribution in [0.25, 0.3) is 6.08 Å². The van der Waals surface area contributed by atoms with Crippen molar-refractivity contribution in [1.29, 1.82) is 5.26 Å². The van der Waals surface area contributed by atoms with Gasteiger partial charge in [-0.05, 0) is 18.9 Å². The standard InChI is InChI=1S/C16H17N3O4S/c1-22-8-13-16(21)19(9-23-13)10-4-5-11-14(7-10)24-15(18-11)12(20)3-2-6-17/h5,7,9,12-13,20H,2-4,8H2,1H3/t12-,13+/m0/s1. The number of amides is 1. The van der Waals surface area contributed by atoms with Gasteiger partial charge in [-0.3, -0.25) is 0 Å². The number of nitrogens with zero attached hydrogens (tertiary/aromatic N) is 3. The van der Waals surface area contributed by atoms with Crippen molar-refractivity contribution in [2.45, 2.75) is 31.5 Å². The smallest absolute Gasteiger partial charge is 0.438 e. The van der Waals surface area contributed by atoms with E-state index in [9.17, 15) is 9.90 Å². The molecule has 0 fully saturated rings. The predicted octanol–water partition coefficient (Wildman–Crippen LogP) is 1.23. The third-order valence-corrected chi connectivity index (χ3v) is 4.90. The van der Waals surface area contributed by atoms with Crippen molar-refractivity contribution >= 4 is 29.7 Å². The van der Waals surface area contributed by atoms with E-state index < -0.39 is 12.2 Å². The topological polar surface area (TPSA) is 96.7 Å². The lowest BCUT2D eigenvalue weighted by molar-refractivity contribution is -0.392. The monoisotopic (exact) mass is 347 g/mol. The average molecular weight is 347 g/mol. The summed E-state index contributed by atoms with van der Waals surface area (Å²) in [6.07, 6.45) is 5.08. The second-order valence-corrected chi connectivity index (χ2v) is 6.51. The molecule has 0 saturated heterocycles. The van der Waals surface area contributed by atoms with Crippen LogP contribution in [-0.2, 0) is 14.3 Å². The molecule has 3 rings (SSSR count). The quantitative estimate of drug-likeness (QED) is 0.472. The van der Waals surface area contributed by atoms with Crippen molar-refractivity contribution in [3.63, 3.8) is 0 Å². The first-order valence-electron chi connectivity index (χ1n) is 7.54. The van der Waals surface area contributed by atoms with Crippen LogP contribution in [0.5, 0.6) is 0 Å². The van der Waals surface area contributed by atoms with Crippen LogP contribution in [0.15, 0.2) is 5.70 Å². The highest BCUT2D eigenvalue weighted by atomic mass is 32.1. The zero-order valence-corrected chi connectivity index (χ0v) is 14.0. The first kappa shape index (κ1) is 16.6. The maximum Gasteiger partial charge on any atom is 0.438 e. The number of allylic oxidation sites excluding steroid dienone is 1. The Bertz CT molecular complexity index is 747. The Hall–Kier alpha value is -2.21. The van der Waals surface area contributed by atoms with Gasteiger partial charge in [0.1, 0.15) is 22.4 Å². The fraction of sp³-hybridized carbons (Fsp3) is 0.438. The summed E-state index contributed by atoms with van der Waals surface area (Å²) in [4.78, 5) is 17.6. The van der Waals surface area contributed by atoms with Crippen LogP contribution in [0, 0.1) is 17.8 Å². The Morgan fingerprint density at radius 1 is 1.71 bits per heavy atom. The molecule has 126 valence electrons. The lowest BCUT2D eigenvalue weighted by Crippen LogP contribution is -2.29. The molecule has 0 bridgehead atoms. The first-order chi connectivity index (χ1) is 11.6. The minimum atomic E-state index is -0.736. The summed E-state index contributed by atoms with van der Waals surface area (Å²) in [7, 11) is 1.52. The van der Waals surface area contributed by atoms with Crippen LogP contribution in [-0.4, -0.2) is 41.8 Å². The van der Waals surface area contributed by atoms with E-state index in [1.807, 2.05) is 18.6 Å². The maximum atomic E-state index is 12.3. The molecule has 1 aromatic rings. The molecule has 0 spiro atoms.